The molecular formula is C17H19ClN4O2. The summed E-state index contributed by atoms with van der Waals surface area (Å²) < 4.78 is 0. The largest absolute Gasteiger partial charge is 0.338 e. The summed E-state index contributed by atoms with van der Waals surface area (Å²) in [5.74, 6) is -0.101. The normalized spacial score (nSPS) is 10.0. The summed E-state index contributed by atoms with van der Waals surface area (Å²) >= 11 is 5.78. The van der Waals surface area contributed by atoms with E-state index in [1.807, 2.05) is 12.1 Å². The van der Waals surface area contributed by atoms with Crippen LogP contribution >= 0.6 is 11.6 Å². The number of carbonyl (C=O) groups is 2. The number of hydrogen-bond donors (Lipinski definition) is 3. The van der Waals surface area contributed by atoms with Crippen molar-refractivity contribution in [2.75, 3.05) is 11.9 Å². The monoisotopic (exact) mass is 346 g/mol. The second kappa shape index (κ2) is 9.52. The molecule has 3 amide bonds. The Morgan fingerprint density at radius 2 is 1.71 bits per heavy atom. The van der Waals surface area contributed by atoms with Crippen LogP contribution in [0.15, 0.2) is 48.8 Å². The fourth-order valence-corrected chi connectivity index (χ4v) is 2.08. The zero-order chi connectivity index (χ0) is 17.2. The van der Waals surface area contributed by atoms with Crippen molar-refractivity contribution in [2.45, 2.75) is 19.4 Å². The number of carbonyl (C=O) groups excluding carboxylic acids is 2. The van der Waals surface area contributed by atoms with Crippen LogP contribution in [-0.4, -0.2) is 23.5 Å². The number of urea groups is 1. The van der Waals surface area contributed by atoms with Gasteiger partial charge in [-0.25, -0.2) is 4.79 Å². The van der Waals surface area contributed by atoms with E-state index in [1.165, 1.54) is 0 Å². The lowest BCUT2D eigenvalue weighted by Gasteiger charge is -2.08. The topological polar surface area (TPSA) is 83.1 Å². The van der Waals surface area contributed by atoms with Crippen molar-refractivity contribution in [2.24, 2.45) is 0 Å². The molecule has 0 fully saturated rings. The molecule has 0 radical (unpaired) electrons. The first kappa shape index (κ1) is 17.7. The maximum absolute atomic E-state index is 11.8. The lowest BCUT2D eigenvalue weighted by atomic mass is 10.2. The lowest BCUT2D eigenvalue weighted by molar-refractivity contribution is -0.116. The second-order valence-electron chi connectivity index (χ2n) is 5.12. The minimum absolute atomic E-state index is 0.101. The summed E-state index contributed by atoms with van der Waals surface area (Å²) in [5.41, 5.74) is 1.68. The number of rotatable bonds is 7. The number of nitrogens with one attached hydrogen (secondary N) is 3. The SMILES string of the molecule is O=C(CCCNC(=O)NCc1ccncc1)Nc1ccc(Cl)cc1. The summed E-state index contributed by atoms with van der Waals surface area (Å²) in [4.78, 5) is 27.3. The molecule has 6 nitrogen and oxygen atoms in total. The molecule has 1 aromatic carbocycles. The highest BCUT2D eigenvalue weighted by Crippen LogP contribution is 2.13. The molecule has 1 heterocycles. The standard InChI is InChI=1S/C17H19ClN4O2/c18-14-3-5-15(6-4-14)22-16(23)2-1-9-20-17(24)21-12-13-7-10-19-11-8-13/h3-8,10-11H,1-2,9,12H2,(H,22,23)(H2,20,21,24). The van der Waals surface area contributed by atoms with Gasteiger partial charge in [0.15, 0.2) is 0 Å². The van der Waals surface area contributed by atoms with Crippen LogP contribution in [0.5, 0.6) is 0 Å². The van der Waals surface area contributed by atoms with Gasteiger partial charge in [-0.1, -0.05) is 11.6 Å². The summed E-state index contributed by atoms with van der Waals surface area (Å²) in [6.07, 6.45) is 4.23. The molecule has 2 aromatic rings. The predicted molar refractivity (Wildman–Crippen MR) is 93.8 cm³/mol. The predicted octanol–water partition coefficient (Wildman–Crippen LogP) is 2.95. The van der Waals surface area contributed by atoms with Gasteiger partial charge in [0, 0.05) is 42.6 Å². The van der Waals surface area contributed by atoms with Gasteiger partial charge in [0.2, 0.25) is 5.91 Å². The maximum Gasteiger partial charge on any atom is 0.315 e. The highest BCUT2D eigenvalue weighted by atomic mass is 35.5. The van der Waals surface area contributed by atoms with Crippen LogP contribution in [0.2, 0.25) is 5.02 Å². The Balaban J connectivity index is 1.57. The highest BCUT2D eigenvalue weighted by Gasteiger charge is 2.04. The van der Waals surface area contributed by atoms with E-state index in [2.05, 4.69) is 20.9 Å². The van der Waals surface area contributed by atoms with Gasteiger partial charge in [-0.3, -0.25) is 9.78 Å². The Labute approximate surface area is 145 Å². The molecule has 126 valence electrons. The molecule has 7 heteroatoms. The fourth-order valence-electron chi connectivity index (χ4n) is 1.95. The van der Waals surface area contributed by atoms with Gasteiger partial charge in [0.25, 0.3) is 0 Å². The molecule has 0 bridgehead atoms. The number of amides is 3. The molecule has 0 atom stereocenters. The van der Waals surface area contributed by atoms with Crippen LogP contribution in [0.3, 0.4) is 0 Å². The average molecular weight is 347 g/mol. The van der Waals surface area contributed by atoms with Gasteiger partial charge in [0.1, 0.15) is 0 Å². The minimum Gasteiger partial charge on any atom is -0.338 e. The zero-order valence-corrected chi connectivity index (χ0v) is 13.8. The highest BCUT2D eigenvalue weighted by molar-refractivity contribution is 6.30. The fraction of sp³-hybridized carbons (Fsp3) is 0.235. The Bertz CT molecular complexity index is 662. The van der Waals surface area contributed by atoms with Crippen LogP contribution in [-0.2, 0) is 11.3 Å². The number of nitrogens with zero attached hydrogens (tertiary/aromatic N) is 1. The van der Waals surface area contributed by atoms with Gasteiger partial charge in [-0.2, -0.15) is 0 Å². The molecule has 0 saturated carbocycles. The van der Waals surface area contributed by atoms with E-state index < -0.39 is 0 Å². The van der Waals surface area contributed by atoms with Crippen molar-refractivity contribution in [1.82, 2.24) is 15.6 Å². The molecule has 0 saturated heterocycles. The first-order chi connectivity index (χ1) is 11.6. The summed E-state index contributed by atoms with van der Waals surface area (Å²) in [6.45, 7) is 0.863. The van der Waals surface area contributed by atoms with Gasteiger partial charge in [-0.15, -0.1) is 0 Å². The third kappa shape index (κ3) is 6.66. The van der Waals surface area contributed by atoms with Crippen molar-refractivity contribution < 1.29 is 9.59 Å². The third-order valence-corrected chi connectivity index (χ3v) is 3.45. The maximum atomic E-state index is 11.8. The van der Waals surface area contributed by atoms with Crippen molar-refractivity contribution in [3.63, 3.8) is 0 Å². The quantitative estimate of drug-likeness (QED) is 0.674. The van der Waals surface area contributed by atoms with Crippen LogP contribution in [0.1, 0.15) is 18.4 Å². The van der Waals surface area contributed by atoms with Gasteiger partial charge < -0.3 is 16.0 Å². The zero-order valence-electron chi connectivity index (χ0n) is 13.1. The number of halogens is 1. The lowest BCUT2D eigenvalue weighted by Crippen LogP contribution is -2.35. The van der Waals surface area contributed by atoms with Crippen molar-refractivity contribution in [3.05, 3.63) is 59.4 Å². The van der Waals surface area contributed by atoms with E-state index in [0.717, 1.165) is 5.56 Å². The van der Waals surface area contributed by atoms with Crippen LogP contribution < -0.4 is 16.0 Å². The van der Waals surface area contributed by atoms with Crippen LogP contribution in [0, 0.1) is 0 Å². The van der Waals surface area contributed by atoms with E-state index in [4.69, 9.17) is 11.6 Å². The molecule has 0 aliphatic rings. The van der Waals surface area contributed by atoms with Gasteiger partial charge in [-0.05, 0) is 48.4 Å². The van der Waals surface area contributed by atoms with Crippen molar-refractivity contribution in [3.8, 4) is 0 Å². The van der Waals surface area contributed by atoms with E-state index in [1.54, 1.807) is 36.7 Å². The number of anilines is 1. The van der Waals surface area contributed by atoms with E-state index >= 15 is 0 Å². The first-order valence-electron chi connectivity index (χ1n) is 7.59. The number of aromatic nitrogens is 1. The molecule has 0 unspecified atom stereocenters. The van der Waals surface area contributed by atoms with E-state index in [9.17, 15) is 9.59 Å². The second-order valence-corrected chi connectivity index (χ2v) is 5.56. The third-order valence-electron chi connectivity index (χ3n) is 3.20. The molecule has 0 spiro atoms. The van der Waals surface area contributed by atoms with Crippen LogP contribution in [0.25, 0.3) is 0 Å². The summed E-state index contributed by atoms with van der Waals surface area (Å²) in [5, 5.41) is 8.85. The Hall–Kier alpha value is -2.60. The first-order valence-corrected chi connectivity index (χ1v) is 7.97. The smallest absolute Gasteiger partial charge is 0.315 e. The molecule has 24 heavy (non-hydrogen) atoms. The number of pyridine rings is 1. The summed E-state index contributed by atoms with van der Waals surface area (Å²) in [6, 6.07) is 10.3. The molecule has 2 rings (SSSR count). The van der Waals surface area contributed by atoms with E-state index in [0.29, 0.717) is 36.6 Å². The van der Waals surface area contributed by atoms with Crippen molar-refractivity contribution in [1.29, 1.82) is 0 Å². The minimum atomic E-state index is -0.259. The summed E-state index contributed by atoms with van der Waals surface area (Å²) in [7, 11) is 0. The molecule has 0 aliphatic carbocycles. The molecular weight excluding hydrogens is 328 g/mol. The Morgan fingerprint density at radius 1 is 1.00 bits per heavy atom. The van der Waals surface area contributed by atoms with Gasteiger partial charge in [0.05, 0.1) is 0 Å². The molecule has 0 aliphatic heterocycles. The number of hydrogen-bond acceptors (Lipinski definition) is 3. The van der Waals surface area contributed by atoms with E-state index in [-0.39, 0.29) is 11.9 Å². The average Bonchev–Trinajstić information content (AvgIpc) is 2.60. The van der Waals surface area contributed by atoms with Crippen molar-refractivity contribution >= 4 is 29.2 Å². The Morgan fingerprint density at radius 3 is 2.42 bits per heavy atom. The van der Waals surface area contributed by atoms with Crippen LogP contribution in [0.4, 0.5) is 10.5 Å². The molecule has 1 aromatic heterocycles. The van der Waals surface area contributed by atoms with Gasteiger partial charge >= 0.3 is 6.03 Å². The molecule has 3 N–H and O–H groups in total. The Kier molecular flexibility index (Phi) is 7.04. The number of benzene rings is 1.